The van der Waals surface area contributed by atoms with E-state index < -0.39 is 0 Å². The lowest BCUT2D eigenvalue weighted by atomic mass is 10.2. The summed E-state index contributed by atoms with van der Waals surface area (Å²) >= 11 is 1.67. The molecule has 2 heterocycles. The Hall–Kier alpha value is -1.20. The van der Waals surface area contributed by atoms with Gasteiger partial charge in [0, 0.05) is 4.88 Å². The number of aromatic nitrogens is 2. The van der Waals surface area contributed by atoms with E-state index in [2.05, 4.69) is 37.0 Å². The van der Waals surface area contributed by atoms with Crippen LogP contribution in [0.3, 0.4) is 0 Å². The first-order chi connectivity index (χ1) is 8.11. The highest BCUT2D eigenvalue weighted by Gasteiger charge is 2.16. The summed E-state index contributed by atoms with van der Waals surface area (Å²) in [5.74, 6) is 1.18. The van der Waals surface area contributed by atoms with Gasteiger partial charge in [-0.15, -0.1) is 11.3 Å². The zero-order valence-electron chi connectivity index (χ0n) is 10.4. The number of hydrogen-bond acceptors (Lipinski definition) is 5. The molecule has 0 radical (unpaired) electrons. The summed E-state index contributed by atoms with van der Waals surface area (Å²) in [6, 6.07) is 1.95. The van der Waals surface area contributed by atoms with Crippen LogP contribution >= 0.6 is 11.3 Å². The highest BCUT2D eigenvalue weighted by Crippen LogP contribution is 2.30. The van der Waals surface area contributed by atoms with Gasteiger partial charge in [0.15, 0.2) is 5.82 Å². The van der Waals surface area contributed by atoms with Crippen molar-refractivity contribution in [2.24, 2.45) is 5.73 Å². The van der Waals surface area contributed by atoms with Crippen LogP contribution in [-0.2, 0) is 0 Å². The van der Waals surface area contributed by atoms with E-state index in [4.69, 9.17) is 10.3 Å². The van der Waals surface area contributed by atoms with E-state index in [0.29, 0.717) is 11.7 Å². The van der Waals surface area contributed by atoms with Crippen molar-refractivity contribution in [2.45, 2.75) is 39.7 Å². The zero-order valence-corrected chi connectivity index (χ0v) is 11.2. The molecule has 0 spiro atoms. The smallest absolute Gasteiger partial charge is 0.268 e. The number of rotatable bonds is 4. The molecule has 2 aromatic rings. The maximum Gasteiger partial charge on any atom is 0.268 e. The molecule has 2 N–H and O–H groups in total. The highest BCUT2D eigenvalue weighted by atomic mass is 32.1. The first kappa shape index (κ1) is 12.3. The molecule has 0 saturated carbocycles. The molecule has 92 valence electrons. The van der Waals surface area contributed by atoms with Gasteiger partial charge in [-0.1, -0.05) is 18.5 Å². The summed E-state index contributed by atoms with van der Waals surface area (Å²) in [7, 11) is 0. The van der Waals surface area contributed by atoms with Gasteiger partial charge < -0.3 is 10.3 Å². The van der Waals surface area contributed by atoms with Gasteiger partial charge in [0.2, 0.25) is 0 Å². The van der Waals surface area contributed by atoms with Crippen molar-refractivity contribution in [2.75, 3.05) is 0 Å². The molecule has 2 aromatic heterocycles. The van der Waals surface area contributed by atoms with Gasteiger partial charge in [-0.25, -0.2) is 0 Å². The van der Waals surface area contributed by atoms with Crippen LogP contribution in [0.15, 0.2) is 10.6 Å². The van der Waals surface area contributed by atoms with Crippen molar-refractivity contribution >= 4 is 11.3 Å². The van der Waals surface area contributed by atoms with E-state index >= 15 is 0 Å². The van der Waals surface area contributed by atoms with E-state index in [9.17, 15) is 0 Å². The molecule has 5 heteroatoms. The third-order valence-corrected chi connectivity index (χ3v) is 3.89. The Morgan fingerprint density at radius 2 is 2.24 bits per heavy atom. The summed E-state index contributed by atoms with van der Waals surface area (Å²) in [5, 5.41) is 3.95. The molecule has 0 bridgehead atoms. The van der Waals surface area contributed by atoms with E-state index in [-0.39, 0.29) is 6.04 Å². The average molecular weight is 251 g/mol. The molecule has 0 fully saturated rings. The second kappa shape index (κ2) is 4.98. The molecule has 4 nitrogen and oxygen atoms in total. The van der Waals surface area contributed by atoms with Gasteiger partial charge in [-0.2, -0.15) is 4.98 Å². The molecule has 0 aliphatic rings. The largest absolute Gasteiger partial charge is 0.333 e. The van der Waals surface area contributed by atoms with Gasteiger partial charge in [-0.05, 0) is 31.9 Å². The van der Waals surface area contributed by atoms with Crippen LogP contribution < -0.4 is 5.73 Å². The van der Waals surface area contributed by atoms with Crippen LogP contribution in [0.1, 0.15) is 42.1 Å². The first-order valence-electron chi connectivity index (χ1n) is 5.78. The van der Waals surface area contributed by atoms with Gasteiger partial charge in [0.1, 0.15) is 0 Å². The lowest BCUT2D eigenvalue weighted by Crippen LogP contribution is -2.11. The van der Waals surface area contributed by atoms with E-state index in [1.165, 1.54) is 10.4 Å². The molecular weight excluding hydrogens is 234 g/mol. The molecule has 17 heavy (non-hydrogen) atoms. The van der Waals surface area contributed by atoms with Gasteiger partial charge in [0.05, 0.1) is 10.9 Å². The van der Waals surface area contributed by atoms with E-state index in [0.717, 1.165) is 17.7 Å². The molecule has 0 aliphatic carbocycles. The Kier molecular flexibility index (Phi) is 3.59. The second-order valence-corrected chi connectivity index (χ2v) is 5.46. The molecule has 2 rings (SSSR count). The van der Waals surface area contributed by atoms with Crippen LogP contribution in [0.25, 0.3) is 10.8 Å². The fourth-order valence-corrected chi connectivity index (χ4v) is 2.56. The number of thiophene rings is 1. The van der Waals surface area contributed by atoms with E-state index in [1.54, 1.807) is 11.3 Å². The molecule has 1 atom stereocenters. The van der Waals surface area contributed by atoms with Gasteiger partial charge in [0.25, 0.3) is 5.89 Å². The summed E-state index contributed by atoms with van der Waals surface area (Å²) in [6.07, 6.45) is 1.89. The minimum atomic E-state index is -0.125. The molecule has 1 unspecified atom stereocenters. The molecule has 0 aromatic carbocycles. The fourth-order valence-electron chi connectivity index (χ4n) is 1.60. The summed E-state index contributed by atoms with van der Waals surface area (Å²) in [6.45, 7) is 6.26. The zero-order chi connectivity index (χ0) is 12.4. The molecule has 0 amide bonds. The normalized spacial score (nSPS) is 12.9. The second-order valence-electron chi connectivity index (χ2n) is 4.20. The predicted molar refractivity (Wildman–Crippen MR) is 68.9 cm³/mol. The number of hydrogen-bond donors (Lipinski definition) is 1. The Bertz CT molecular complexity index is 484. The maximum absolute atomic E-state index is 5.95. The van der Waals surface area contributed by atoms with Crippen molar-refractivity contribution in [1.29, 1.82) is 0 Å². The minimum absolute atomic E-state index is 0.125. The Labute approximate surface area is 105 Å². The number of nitrogens with two attached hydrogens (primary N) is 1. The van der Waals surface area contributed by atoms with Crippen molar-refractivity contribution in [1.82, 2.24) is 10.1 Å². The predicted octanol–water partition coefficient (Wildman–Crippen LogP) is 3.21. The van der Waals surface area contributed by atoms with Crippen LogP contribution in [0.2, 0.25) is 0 Å². The van der Waals surface area contributed by atoms with Gasteiger partial charge in [-0.3, -0.25) is 0 Å². The topological polar surface area (TPSA) is 64.9 Å². The first-order valence-corrected chi connectivity index (χ1v) is 6.60. The summed E-state index contributed by atoms with van der Waals surface area (Å²) in [4.78, 5) is 6.65. The highest BCUT2D eigenvalue weighted by molar-refractivity contribution is 7.15. The third-order valence-electron chi connectivity index (χ3n) is 2.75. The SMILES string of the molecule is CCCC(N)c1noc(-c2cc(C)c(C)s2)n1. The third kappa shape index (κ3) is 2.56. The minimum Gasteiger partial charge on any atom is -0.333 e. The monoisotopic (exact) mass is 251 g/mol. The lowest BCUT2D eigenvalue weighted by Gasteiger charge is -2.02. The molecular formula is C12H17N3OS. The van der Waals surface area contributed by atoms with Crippen molar-refractivity contribution < 1.29 is 4.52 Å². The van der Waals surface area contributed by atoms with E-state index in [1.807, 2.05) is 0 Å². The van der Waals surface area contributed by atoms with Gasteiger partial charge >= 0.3 is 0 Å². The number of aryl methyl sites for hydroxylation is 2. The Balaban J connectivity index is 2.23. The standard InChI is InChI=1S/C12H17N3OS/c1-4-5-9(13)11-14-12(16-15-11)10-6-7(2)8(3)17-10/h6,9H,4-5,13H2,1-3H3. The Morgan fingerprint density at radius 3 is 2.82 bits per heavy atom. The quantitative estimate of drug-likeness (QED) is 0.906. The molecule has 0 aliphatic heterocycles. The fraction of sp³-hybridized carbons (Fsp3) is 0.500. The van der Waals surface area contributed by atoms with Crippen molar-refractivity contribution in [3.63, 3.8) is 0 Å². The average Bonchev–Trinajstić information content (AvgIpc) is 2.87. The van der Waals surface area contributed by atoms with Crippen LogP contribution in [0.4, 0.5) is 0 Å². The lowest BCUT2D eigenvalue weighted by molar-refractivity contribution is 0.414. The van der Waals surface area contributed by atoms with Crippen molar-refractivity contribution in [3.05, 3.63) is 22.3 Å². The summed E-state index contributed by atoms with van der Waals surface area (Å²) in [5.41, 5.74) is 7.20. The number of nitrogens with zero attached hydrogens (tertiary/aromatic N) is 2. The Morgan fingerprint density at radius 1 is 1.47 bits per heavy atom. The summed E-state index contributed by atoms with van der Waals surface area (Å²) < 4.78 is 5.26. The molecule has 0 saturated heterocycles. The van der Waals surface area contributed by atoms with Crippen LogP contribution in [-0.4, -0.2) is 10.1 Å². The van der Waals surface area contributed by atoms with Crippen LogP contribution in [0, 0.1) is 13.8 Å². The van der Waals surface area contributed by atoms with Crippen LogP contribution in [0.5, 0.6) is 0 Å². The van der Waals surface area contributed by atoms with Crippen molar-refractivity contribution in [3.8, 4) is 10.8 Å². The maximum atomic E-state index is 5.95.